The zero-order valence-corrected chi connectivity index (χ0v) is 10.1. The lowest BCUT2D eigenvalue weighted by Crippen LogP contribution is -2.46. The van der Waals surface area contributed by atoms with Crippen molar-refractivity contribution in [2.45, 2.75) is 44.4 Å². The lowest BCUT2D eigenvalue weighted by atomic mass is 10.0. The van der Waals surface area contributed by atoms with Gasteiger partial charge in [0.15, 0.2) is 0 Å². The van der Waals surface area contributed by atoms with Gasteiger partial charge in [-0.3, -0.25) is 9.69 Å². The van der Waals surface area contributed by atoms with Crippen LogP contribution in [0.4, 0.5) is 0 Å². The van der Waals surface area contributed by atoms with Crippen molar-refractivity contribution >= 4 is 5.97 Å². The van der Waals surface area contributed by atoms with E-state index in [1.807, 2.05) is 6.92 Å². The molecule has 0 bridgehead atoms. The van der Waals surface area contributed by atoms with Crippen molar-refractivity contribution in [2.75, 3.05) is 20.2 Å². The summed E-state index contributed by atoms with van der Waals surface area (Å²) in [6, 6.07) is -0.432. The van der Waals surface area contributed by atoms with Crippen LogP contribution in [0.1, 0.15) is 26.7 Å². The van der Waals surface area contributed by atoms with E-state index < -0.39 is 17.7 Å². The molecule has 3 unspecified atom stereocenters. The van der Waals surface area contributed by atoms with Crippen LogP contribution < -0.4 is 0 Å². The maximum Gasteiger partial charge on any atom is 0.323 e. The molecule has 1 fully saturated rings. The van der Waals surface area contributed by atoms with Gasteiger partial charge in [0.2, 0.25) is 0 Å². The van der Waals surface area contributed by atoms with E-state index in [4.69, 9.17) is 0 Å². The number of β-amino-alcohol motifs (C(OH)–C–C–N with tert-alkyl or cyclic N) is 2. The maximum atomic E-state index is 11.5. The number of esters is 1. The van der Waals surface area contributed by atoms with Gasteiger partial charge >= 0.3 is 5.97 Å². The average Bonchev–Trinajstić information content (AvgIpc) is 2.57. The summed E-state index contributed by atoms with van der Waals surface area (Å²) in [5, 5.41) is 19.5. The summed E-state index contributed by atoms with van der Waals surface area (Å²) >= 11 is 0. The second kappa shape index (κ2) is 5.12. The van der Waals surface area contributed by atoms with Crippen LogP contribution in [0.3, 0.4) is 0 Å². The lowest BCUT2D eigenvalue weighted by molar-refractivity contribution is -0.146. The minimum Gasteiger partial charge on any atom is -0.468 e. The van der Waals surface area contributed by atoms with Gasteiger partial charge in [0.25, 0.3) is 0 Å². The maximum absolute atomic E-state index is 11.5. The zero-order chi connectivity index (χ0) is 12.3. The zero-order valence-electron chi connectivity index (χ0n) is 10.1. The van der Waals surface area contributed by atoms with Crippen molar-refractivity contribution in [3.05, 3.63) is 0 Å². The highest BCUT2D eigenvalue weighted by Crippen LogP contribution is 2.22. The van der Waals surface area contributed by atoms with E-state index >= 15 is 0 Å². The monoisotopic (exact) mass is 231 g/mol. The molecule has 1 rings (SSSR count). The molecular weight excluding hydrogens is 210 g/mol. The topological polar surface area (TPSA) is 70.0 Å². The molecule has 0 aliphatic carbocycles. The van der Waals surface area contributed by atoms with Crippen LogP contribution in [-0.2, 0) is 9.53 Å². The molecule has 1 heterocycles. The van der Waals surface area contributed by atoms with Crippen molar-refractivity contribution in [1.82, 2.24) is 4.90 Å². The van der Waals surface area contributed by atoms with E-state index in [1.54, 1.807) is 11.8 Å². The molecule has 0 spiro atoms. The molecule has 1 aliphatic rings. The highest BCUT2D eigenvalue weighted by Gasteiger charge is 2.39. The van der Waals surface area contributed by atoms with Crippen molar-refractivity contribution in [3.8, 4) is 0 Å². The molecule has 1 aliphatic heterocycles. The summed E-state index contributed by atoms with van der Waals surface area (Å²) in [6.07, 6.45) is 0.469. The van der Waals surface area contributed by atoms with Crippen LogP contribution in [0.2, 0.25) is 0 Å². The predicted molar refractivity (Wildman–Crippen MR) is 58.9 cm³/mol. The Morgan fingerprint density at radius 2 is 2.25 bits per heavy atom. The predicted octanol–water partition coefficient (Wildman–Crippen LogP) is -0.244. The van der Waals surface area contributed by atoms with Gasteiger partial charge in [0.05, 0.1) is 18.8 Å². The molecule has 94 valence electrons. The summed E-state index contributed by atoms with van der Waals surface area (Å²) in [5.74, 6) is -0.344. The molecule has 5 nitrogen and oxygen atoms in total. The average molecular weight is 231 g/mol. The van der Waals surface area contributed by atoms with Crippen LogP contribution in [0.15, 0.2) is 0 Å². The van der Waals surface area contributed by atoms with Gasteiger partial charge in [-0.25, -0.2) is 0 Å². The van der Waals surface area contributed by atoms with Crippen LogP contribution >= 0.6 is 0 Å². The number of likely N-dealkylation sites (tertiary alicyclic amines) is 1. The number of methoxy groups -OCH3 is 1. The Bertz CT molecular complexity index is 254. The Kier molecular flexibility index (Phi) is 4.29. The SMILES string of the molecule is CCC(C)(O)CN1CC(O)CC1C(=O)OC. The van der Waals surface area contributed by atoms with Gasteiger partial charge < -0.3 is 14.9 Å². The molecule has 0 saturated carbocycles. The third-order valence-corrected chi connectivity index (χ3v) is 3.16. The van der Waals surface area contributed by atoms with E-state index in [2.05, 4.69) is 4.74 Å². The number of aliphatic hydroxyl groups is 2. The van der Waals surface area contributed by atoms with Crippen LogP contribution in [0, 0.1) is 0 Å². The van der Waals surface area contributed by atoms with E-state index in [0.717, 1.165) is 0 Å². The third kappa shape index (κ3) is 3.17. The molecule has 16 heavy (non-hydrogen) atoms. The molecule has 5 heteroatoms. The largest absolute Gasteiger partial charge is 0.468 e. The first-order chi connectivity index (χ1) is 7.39. The fourth-order valence-electron chi connectivity index (χ4n) is 1.98. The summed E-state index contributed by atoms with van der Waals surface area (Å²) in [5.41, 5.74) is -0.837. The second-order valence-electron chi connectivity index (χ2n) is 4.71. The van der Waals surface area contributed by atoms with Gasteiger partial charge in [0, 0.05) is 19.5 Å². The number of hydrogen-bond acceptors (Lipinski definition) is 5. The van der Waals surface area contributed by atoms with Gasteiger partial charge in [-0.1, -0.05) is 6.92 Å². The molecule has 0 amide bonds. The number of nitrogens with zero attached hydrogens (tertiary/aromatic N) is 1. The first-order valence-electron chi connectivity index (χ1n) is 5.62. The normalized spacial score (nSPS) is 30.1. The Hall–Kier alpha value is -0.650. The minimum absolute atomic E-state index is 0.344. The smallest absolute Gasteiger partial charge is 0.323 e. The number of hydrogen-bond donors (Lipinski definition) is 2. The number of ether oxygens (including phenoxy) is 1. The summed E-state index contributed by atoms with van der Waals surface area (Å²) in [7, 11) is 1.34. The Labute approximate surface area is 96.0 Å². The van der Waals surface area contributed by atoms with Crippen molar-refractivity contribution in [3.63, 3.8) is 0 Å². The number of aliphatic hydroxyl groups excluding tert-OH is 1. The molecule has 3 atom stereocenters. The minimum atomic E-state index is -0.837. The standard InChI is InChI=1S/C11H21NO4/c1-4-11(2,15)7-12-6-8(13)5-9(12)10(14)16-3/h8-9,13,15H,4-7H2,1-3H3. The van der Waals surface area contributed by atoms with Gasteiger partial charge in [-0.05, 0) is 13.3 Å². The van der Waals surface area contributed by atoms with Crippen LogP contribution in [0.5, 0.6) is 0 Å². The van der Waals surface area contributed by atoms with E-state index in [-0.39, 0.29) is 5.97 Å². The number of carbonyl (C=O) groups excluding carboxylic acids is 1. The molecule has 1 saturated heterocycles. The van der Waals surface area contributed by atoms with Gasteiger partial charge in [-0.15, -0.1) is 0 Å². The van der Waals surface area contributed by atoms with Gasteiger partial charge in [0.1, 0.15) is 6.04 Å². The Morgan fingerprint density at radius 1 is 1.62 bits per heavy atom. The Morgan fingerprint density at radius 3 is 2.75 bits per heavy atom. The van der Waals surface area contributed by atoms with Gasteiger partial charge in [-0.2, -0.15) is 0 Å². The molecule has 0 aromatic heterocycles. The first-order valence-corrected chi connectivity index (χ1v) is 5.62. The Balaban J connectivity index is 2.66. The summed E-state index contributed by atoms with van der Waals surface area (Å²) in [6.45, 7) is 4.40. The summed E-state index contributed by atoms with van der Waals surface area (Å²) in [4.78, 5) is 13.3. The van der Waals surface area contributed by atoms with Crippen molar-refractivity contribution in [1.29, 1.82) is 0 Å². The molecule has 0 aromatic rings. The fraction of sp³-hybridized carbons (Fsp3) is 0.909. The van der Waals surface area contributed by atoms with Crippen LogP contribution in [0.25, 0.3) is 0 Å². The summed E-state index contributed by atoms with van der Waals surface area (Å²) < 4.78 is 4.69. The molecule has 0 aromatic carbocycles. The first kappa shape index (κ1) is 13.4. The van der Waals surface area contributed by atoms with E-state index in [9.17, 15) is 15.0 Å². The second-order valence-corrected chi connectivity index (χ2v) is 4.71. The van der Waals surface area contributed by atoms with Crippen molar-refractivity contribution in [2.24, 2.45) is 0 Å². The van der Waals surface area contributed by atoms with Crippen LogP contribution in [-0.4, -0.2) is 59.0 Å². The fourth-order valence-corrected chi connectivity index (χ4v) is 1.98. The highest BCUT2D eigenvalue weighted by molar-refractivity contribution is 5.76. The quantitative estimate of drug-likeness (QED) is 0.653. The van der Waals surface area contributed by atoms with Crippen molar-refractivity contribution < 1.29 is 19.7 Å². The third-order valence-electron chi connectivity index (χ3n) is 3.16. The van der Waals surface area contributed by atoms with E-state index in [1.165, 1.54) is 7.11 Å². The lowest BCUT2D eigenvalue weighted by Gasteiger charge is -2.30. The molecule has 0 radical (unpaired) electrons. The van der Waals surface area contributed by atoms with E-state index in [0.29, 0.717) is 25.9 Å². The number of carbonyl (C=O) groups is 1. The highest BCUT2D eigenvalue weighted by atomic mass is 16.5. The molecular formula is C11H21NO4. The number of rotatable bonds is 4. The molecule has 2 N–H and O–H groups in total.